The zero-order chi connectivity index (χ0) is 15.5. The molecule has 0 saturated carbocycles. The van der Waals surface area contributed by atoms with E-state index in [1.165, 1.54) is 12.4 Å². The predicted octanol–water partition coefficient (Wildman–Crippen LogP) is 2.61. The molecular weight excluding hydrogens is 290 g/mol. The van der Waals surface area contributed by atoms with Gasteiger partial charge in [-0.05, 0) is 25.0 Å². The van der Waals surface area contributed by atoms with Gasteiger partial charge < -0.3 is 10.2 Å². The summed E-state index contributed by atoms with van der Waals surface area (Å²) in [5, 5.41) is 2.49. The van der Waals surface area contributed by atoms with Crippen LogP contribution in [-0.4, -0.2) is 29.0 Å². The van der Waals surface area contributed by atoms with Crippen LogP contribution in [0.2, 0.25) is 0 Å². The van der Waals surface area contributed by atoms with Crippen molar-refractivity contribution in [1.82, 2.24) is 9.97 Å². The van der Waals surface area contributed by atoms with E-state index in [1.807, 2.05) is 0 Å². The number of hydrogen-bond donors (Lipinski definition) is 1. The van der Waals surface area contributed by atoms with Crippen LogP contribution in [0.3, 0.4) is 0 Å². The molecule has 1 aliphatic rings. The summed E-state index contributed by atoms with van der Waals surface area (Å²) < 4.78 is 26.4. The monoisotopic (exact) mass is 304 g/mol. The molecule has 1 N–H and O–H groups in total. The molecule has 0 spiro atoms. The molecule has 1 saturated heterocycles. The molecular formula is C15H14F2N4O. The molecule has 1 amide bonds. The number of aromatic nitrogens is 2. The third kappa shape index (κ3) is 3.03. The highest BCUT2D eigenvalue weighted by molar-refractivity contribution is 6.04. The van der Waals surface area contributed by atoms with E-state index in [0.717, 1.165) is 38.1 Å². The minimum atomic E-state index is -0.910. The van der Waals surface area contributed by atoms with Gasteiger partial charge in [-0.25, -0.2) is 18.7 Å². The van der Waals surface area contributed by atoms with Crippen LogP contribution in [0.1, 0.15) is 23.2 Å². The highest BCUT2D eigenvalue weighted by atomic mass is 19.1. The van der Waals surface area contributed by atoms with Crippen molar-refractivity contribution < 1.29 is 13.6 Å². The van der Waals surface area contributed by atoms with Crippen molar-refractivity contribution in [2.45, 2.75) is 12.8 Å². The Hall–Kier alpha value is -2.57. The lowest BCUT2D eigenvalue weighted by Gasteiger charge is -2.14. The summed E-state index contributed by atoms with van der Waals surface area (Å²) in [5.74, 6) is -1.70. The minimum Gasteiger partial charge on any atom is -0.341 e. The first-order valence-corrected chi connectivity index (χ1v) is 6.97. The molecule has 1 aliphatic heterocycles. The minimum absolute atomic E-state index is 0.231. The summed E-state index contributed by atoms with van der Waals surface area (Å²) in [5.41, 5.74) is 0.127. The number of anilines is 2. The van der Waals surface area contributed by atoms with Crippen molar-refractivity contribution in [1.29, 1.82) is 0 Å². The standard InChI is InChI=1S/C15H14F2N4O/c16-10-3-4-12(13(17)7-10)14(22)20-11-8-18-15(19-9-11)21-5-1-2-6-21/h3-4,7-9H,1-2,5-6H2,(H,20,22). The molecule has 1 aromatic heterocycles. The highest BCUT2D eigenvalue weighted by Crippen LogP contribution is 2.17. The summed E-state index contributed by atoms with van der Waals surface area (Å²) in [7, 11) is 0. The second-order valence-corrected chi connectivity index (χ2v) is 5.04. The van der Waals surface area contributed by atoms with Gasteiger partial charge in [0.1, 0.15) is 11.6 Å². The molecule has 1 aromatic carbocycles. The van der Waals surface area contributed by atoms with Crippen LogP contribution in [0.5, 0.6) is 0 Å². The molecule has 7 heteroatoms. The largest absolute Gasteiger partial charge is 0.341 e. The van der Waals surface area contributed by atoms with Gasteiger partial charge in [0.25, 0.3) is 5.91 Å². The van der Waals surface area contributed by atoms with E-state index in [1.54, 1.807) is 0 Å². The van der Waals surface area contributed by atoms with Crippen LogP contribution in [0, 0.1) is 11.6 Å². The topological polar surface area (TPSA) is 58.1 Å². The molecule has 2 heterocycles. The Labute approximate surface area is 126 Å². The van der Waals surface area contributed by atoms with Gasteiger partial charge >= 0.3 is 0 Å². The summed E-state index contributed by atoms with van der Waals surface area (Å²) in [6.07, 6.45) is 5.18. The molecule has 3 rings (SSSR count). The van der Waals surface area contributed by atoms with Gasteiger partial charge in [0.15, 0.2) is 0 Å². The van der Waals surface area contributed by atoms with Gasteiger partial charge in [-0.3, -0.25) is 4.79 Å². The predicted molar refractivity (Wildman–Crippen MR) is 77.8 cm³/mol. The van der Waals surface area contributed by atoms with Gasteiger partial charge in [-0.1, -0.05) is 0 Å². The van der Waals surface area contributed by atoms with Crippen LogP contribution in [0.25, 0.3) is 0 Å². The molecule has 0 atom stereocenters. The van der Waals surface area contributed by atoms with E-state index >= 15 is 0 Å². The molecule has 2 aromatic rings. The Balaban J connectivity index is 1.71. The van der Waals surface area contributed by atoms with E-state index in [9.17, 15) is 13.6 Å². The van der Waals surface area contributed by atoms with Gasteiger partial charge in [-0.15, -0.1) is 0 Å². The summed E-state index contributed by atoms with van der Waals surface area (Å²) >= 11 is 0. The van der Waals surface area contributed by atoms with Crippen molar-refractivity contribution in [2.75, 3.05) is 23.3 Å². The Bertz CT molecular complexity index is 684. The van der Waals surface area contributed by atoms with Crippen molar-refractivity contribution in [3.8, 4) is 0 Å². The number of carbonyl (C=O) groups is 1. The van der Waals surface area contributed by atoms with E-state index in [0.29, 0.717) is 17.7 Å². The molecule has 0 bridgehead atoms. The average molecular weight is 304 g/mol. The lowest BCUT2D eigenvalue weighted by molar-refractivity contribution is 0.102. The fourth-order valence-electron chi connectivity index (χ4n) is 2.34. The van der Waals surface area contributed by atoms with Crippen LogP contribution >= 0.6 is 0 Å². The van der Waals surface area contributed by atoms with E-state index in [2.05, 4.69) is 20.2 Å². The van der Waals surface area contributed by atoms with Crippen molar-refractivity contribution in [2.24, 2.45) is 0 Å². The summed E-state index contributed by atoms with van der Waals surface area (Å²) in [6.45, 7) is 1.85. The van der Waals surface area contributed by atoms with E-state index < -0.39 is 17.5 Å². The van der Waals surface area contributed by atoms with Gasteiger partial charge in [-0.2, -0.15) is 0 Å². The van der Waals surface area contributed by atoms with Crippen LogP contribution in [0.15, 0.2) is 30.6 Å². The second kappa shape index (κ2) is 6.05. The third-order valence-corrected chi connectivity index (χ3v) is 3.46. The number of hydrogen-bond acceptors (Lipinski definition) is 4. The highest BCUT2D eigenvalue weighted by Gasteiger charge is 2.16. The molecule has 0 radical (unpaired) electrons. The fraction of sp³-hybridized carbons (Fsp3) is 0.267. The zero-order valence-corrected chi connectivity index (χ0v) is 11.7. The number of nitrogens with zero attached hydrogens (tertiary/aromatic N) is 3. The quantitative estimate of drug-likeness (QED) is 0.947. The van der Waals surface area contributed by atoms with Crippen molar-refractivity contribution in [3.05, 3.63) is 47.8 Å². The van der Waals surface area contributed by atoms with E-state index in [4.69, 9.17) is 0 Å². The first-order chi connectivity index (χ1) is 10.6. The summed E-state index contributed by atoms with van der Waals surface area (Å²) in [6, 6.07) is 2.80. The number of benzene rings is 1. The zero-order valence-electron chi connectivity index (χ0n) is 11.7. The third-order valence-electron chi connectivity index (χ3n) is 3.46. The Morgan fingerprint density at radius 2 is 1.82 bits per heavy atom. The van der Waals surface area contributed by atoms with Crippen LogP contribution in [-0.2, 0) is 0 Å². The maximum atomic E-state index is 13.5. The number of nitrogens with one attached hydrogen (secondary N) is 1. The molecule has 0 unspecified atom stereocenters. The number of rotatable bonds is 3. The van der Waals surface area contributed by atoms with Gasteiger partial charge in [0.2, 0.25) is 5.95 Å². The molecule has 114 valence electrons. The lowest BCUT2D eigenvalue weighted by atomic mass is 10.2. The van der Waals surface area contributed by atoms with Crippen molar-refractivity contribution >= 4 is 17.5 Å². The second-order valence-electron chi connectivity index (χ2n) is 5.04. The Morgan fingerprint density at radius 1 is 1.14 bits per heavy atom. The SMILES string of the molecule is O=C(Nc1cnc(N2CCCC2)nc1)c1ccc(F)cc1F. The number of halogens is 2. The first-order valence-electron chi connectivity index (χ1n) is 6.97. The molecule has 1 fully saturated rings. The smallest absolute Gasteiger partial charge is 0.258 e. The maximum absolute atomic E-state index is 13.5. The normalized spacial score (nSPS) is 14.2. The van der Waals surface area contributed by atoms with E-state index in [-0.39, 0.29) is 5.56 Å². The maximum Gasteiger partial charge on any atom is 0.258 e. The van der Waals surface area contributed by atoms with Gasteiger partial charge in [0, 0.05) is 19.2 Å². The average Bonchev–Trinajstić information content (AvgIpc) is 3.02. The Morgan fingerprint density at radius 3 is 2.45 bits per heavy atom. The first kappa shape index (κ1) is 14.4. The lowest BCUT2D eigenvalue weighted by Crippen LogP contribution is -2.20. The van der Waals surface area contributed by atoms with Crippen LogP contribution in [0.4, 0.5) is 20.4 Å². The molecule has 0 aliphatic carbocycles. The summed E-state index contributed by atoms with van der Waals surface area (Å²) in [4.78, 5) is 22.4. The molecule has 22 heavy (non-hydrogen) atoms. The van der Waals surface area contributed by atoms with Crippen LogP contribution < -0.4 is 10.2 Å². The number of amides is 1. The molecule has 5 nitrogen and oxygen atoms in total. The van der Waals surface area contributed by atoms with Gasteiger partial charge in [0.05, 0.1) is 23.6 Å². The van der Waals surface area contributed by atoms with Crippen molar-refractivity contribution in [3.63, 3.8) is 0 Å². The number of carbonyl (C=O) groups excluding carboxylic acids is 1. The Kier molecular flexibility index (Phi) is 3.95. The fourth-order valence-corrected chi connectivity index (χ4v) is 2.34.